The van der Waals surface area contributed by atoms with Crippen LogP contribution in [-0.2, 0) is 26.2 Å². The van der Waals surface area contributed by atoms with E-state index in [1.165, 1.54) is 25.7 Å². The van der Waals surface area contributed by atoms with Crippen LogP contribution in [0.25, 0.3) is 0 Å². The summed E-state index contributed by atoms with van der Waals surface area (Å²) >= 11 is 6.61. The number of benzene rings is 1. The summed E-state index contributed by atoms with van der Waals surface area (Å²) in [6, 6.07) is 3.80. The van der Waals surface area contributed by atoms with Gasteiger partial charge < -0.3 is 9.84 Å². The molecule has 1 aromatic rings. The lowest BCUT2D eigenvalue weighted by Gasteiger charge is -2.25. The van der Waals surface area contributed by atoms with E-state index in [0.717, 1.165) is 36.8 Å². The lowest BCUT2D eigenvalue weighted by Crippen LogP contribution is -2.43. The predicted molar refractivity (Wildman–Crippen MR) is 105 cm³/mol. The number of carbonyl (C=O) groups excluding carboxylic acids is 1. The van der Waals surface area contributed by atoms with Crippen LogP contribution in [0.5, 0.6) is 0 Å². The summed E-state index contributed by atoms with van der Waals surface area (Å²) in [5.41, 5.74) is 0.972. The highest BCUT2D eigenvalue weighted by Gasteiger charge is 2.53. The number of halogens is 1. The molecule has 0 aliphatic heterocycles. The van der Waals surface area contributed by atoms with Gasteiger partial charge in [0.25, 0.3) is 0 Å². The fraction of sp³-hybridized carbons (Fsp3) is 0.636. The molecule has 4 nitrogen and oxygen atoms in total. The first kappa shape index (κ1) is 20.2. The van der Waals surface area contributed by atoms with E-state index in [1.807, 2.05) is 6.92 Å². The molecule has 0 aromatic heterocycles. The average Bonchev–Trinajstić information content (AvgIpc) is 2.82. The van der Waals surface area contributed by atoms with Gasteiger partial charge in [0.1, 0.15) is 0 Å². The minimum atomic E-state index is -1.62. The van der Waals surface area contributed by atoms with E-state index in [1.54, 1.807) is 6.07 Å². The topological polar surface area (TPSA) is 63.6 Å². The third-order valence-electron chi connectivity index (χ3n) is 6.19. The van der Waals surface area contributed by atoms with Crippen molar-refractivity contribution in [1.29, 1.82) is 0 Å². The van der Waals surface area contributed by atoms with Gasteiger partial charge >= 0.3 is 11.9 Å². The molecule has 1 N–H and O–H groups in total. The first-order valence-corrected chi connectivity index (χ1v) is 10.6. The second kappa shape index (κ2) is 8.64. The number of carbonyl (C=O) groups is 2. The summed E-state index contributed by atoms with van der Waals surface area (Å²) in [7, 11) is 0. The van der Waals surface area contributed by atoms with Crippen molar-refractivity contribution in [2.75, 3.05) is 6.61 Å². The standard InChI is InChI=1S/C22H29ClO4/c1-2-3-12-27-21(26)22(20(24)25)11-10-16-13-17(19(23)14-18(16)22)15-8-6-4-5-7-9-15/h13-15H,2-12H2,1H3,(H,24,25). The van der Waals surface area contributed by atoms with Crippen LogP contribution >= 0.6 is 11.6 Å². The highest BCUT2D eigenvalue weighted by atomic mass is 35.5. The van der Waals surface area contributed by atoms with Crippen molar-refractivity contribution in [2.24, 2.45) is 0 Å². The van der Waals surface area contributed by atoms with Gasteiger partial charge in [-0.25, -0.2) is 0 Å². The number of esters is 1. The SMILES string of the molecule is CCCCOC(=O)C1(C(=O)O)CCc2cc(C3CCCCCC3)c(Cl)cc21. The van der Waals surface area contributed by atoms with E-state index < -0.39 is 17.4 Å². The van der Waals surface area contributed by atoms with Gasteiger partial charge in [-0.3, -0.25) is 9.59 Å². The fourth-order valence-corrected chi connectivity index (χ4v) is 4.87. The van der Waals surface area contributed by atoms with Crippen LogP contribution in [0, 0.1) is 0 Å². The highest BCUT2D eigenvalue weighted by Crippen LogP contribution is 2.45. The largest absolute Gasteiger partial charge is 0.480 e. The zero-order chi connectivity index (χ0) is 19.4. The normalized spacial score (nSPS) is 22.9. The molecule has 1 atom stereocenters. The van der Waals surface area contributed by atoms with Crippen LogP contribution in [0.15, 0.2) is 12.1 Å². The summed E-state index contributed by atoms with van der Waals surface area (Å²) < 4.78 is 5.33. The summed E-state index contributed by atoms with van der Waals surface area (Å²) in [6.45, 7) is 2.26. The van der Waals surface area contributed by atoms with Gasteiger partial charge in [0.05, 0.1) is 6.61 Å². The van der Waals surface area contributed by atoms with Crippen molar-refractivity contribution >= 4 is 23.5 Å². The van der Waals surface area contributed by atoms with Crippen LogP contribution in [0.1, 0.15) is 87.3 Å². The summed E-state index contributed by atoms with van der Waals surface area (Å²) in [5.74, 6) is -1.36. The number of aliphatic carboxylic acids is 1. The van der Waals surface area contributed by atoms with Gasteiger partial charge in [0, 0.05) is 5.02 Å². The van der Waals surface area contributed by atoms with Crippen molar-refractivity contribution in [1.82, 2.24) is 0 Å². The molecular weight excluding hydrogens is 364 g/mol. The maximum atomic E-state index is 12.7. The number of hydrogen-bond acceptors (Lipinski definition) is 3. The molecule has 2 aliphatic carbocycles. The first-order valence-electron chi connectivity index (χ1n) is 10.2. The van der Waals surface area contributed by atoms with Crippen LogP contribution in [0.3, 0.4) is 0 Å². The molecular formula is C22H29ClO4. The molecule has 148 valence electrons. The van der Waals surface area contributed by atoms with E-state index in [-0.39, 0.29) is 13.0 Å². The molecule has 1 unspecified atom stereocenters. The van der Waals surface area contributed by atoms with Gasteiger partial charge in [0.2, 0.25) is 0 Å². The number of aryl methyl sites for hydroxylation is 1. The van der Waals surface area contributed by atoms with E-state index in [9.17, 15) is 14.7 Å². The lowest BCUT2D eigenvalue weighted by atomic mass is 9.80. The molecule has 0 bridgehead atoms. The predicted octanol–water partition coefficient (Wildman–Crippen LogP) is 5.39. The van der Waals surface area contributed by atoms with Gasteiger partial charge in [-0.15, -0.1) is 0 Å². The number of rotatable bonds is 6. The molecule has 0 radical (unpaired) electrons. The highest BCUT2D eigenvalue weighted by molar-refractivity contribution is 6.31. The maximum Gasteiger partial charge on any atom is 0.328 e. The van der Waals surface area contributed by atoms with Crippen LogP contribution in [-0.4, -0.2) is 23.7 Å². The smallest absolute Gasteiger partial charge is 0.328 e. The average molecular weight is 393 g/mol. The van der Waals surface area contributed by atoms with Crippen molar-refractivity contribution in [3.63, 3.8) is 0 Å². The molecule has 0 heterocycles. The minimum Gasteiger partial charge on any atom is -0.480 e. The van der Waals surface area contributed by atoms with Crippen molar-refractivity contribution in [3.8, 4) is 0 Å². The third-order valence-corrected chi connectivity index (χ3v) is 6.52. The molecule has 0 saturated heterocycles. The van der Waals surface area contributed by atoms with Gasteiger partial charge in [-0.1, -0.05) is 56.7 Å². The molecule has 1 fully saturated rings. The molecule has 5 heteroatoms. The Morgan fingerprint density at radius 3 is 2.56 bits per heavy atom. The second-order valence-electron chi connectivity index (χ2n) is 7.92. The second-order valence-corrected chi connectivity index (χ2v) is 8.33. The number of ether oxygens (including phenoxy) is 1. The number of hydrogen-bond donors (Lipinski definition) is 1. The fourth-order valence-electron chi connectivity index (χ4n) is 4.56. The van der Waals surface area contributed by atoms with Crippen molar-refractivity contribution in [3.05, 3.63) is 33.8 Å². The Morgan fingerprint density at radius 2 is 1.93 bits per heavy atom. The van der Waals surface area contributed by atoms with Gasteiger partial charge in [-0.2, -0.15) is 0 Å². The van der Waals surface area contributed by atoms with E-state index >= 15 is 0 Å². The monoisotopic (exact) mass is 392 g/mol. The minimum absolute atomic E-state index is 0.243. The van der Waals surface area contributed by atoms with Crippen LogP contribution < -0.4 is 0 Å². The van der Waals surface area contributed by atoms with Gasteiger partial charge in [-0.05, 0) is 60.8 Å². The summed E-state index contributed by atoms with van der Waals surface area (Å²) in [5, 5.41) is 10.5. The Bertz CT molecular complexity index is 707. The zero-order valence-electron chi connectivity index (χ0n) is 16.1. The Hall–Kier alpha value is -1.55. The van der Waals surface area contributed by atoms with E-state index in [0.29, 0.717) is 22.9 Å². The number of carboxylic acid groups (broad SMARTS) is 1. The zero-order valence-corrected chi connectivity index (χ0v) is 16.8. The van der Waals surface area contributed by atoms with Gasteiger partial charge in [0.15, 0.2) is 5.41 Å². The molecule has 0 spiro atoms. The van der Waals surface area contributed by atoms with Crippen molar-refractivity contribution in [2.45, 2.75) is 82.5 Å². The molecule has 27 heavy (non-hydrogen) atoms. The summed E-state index contributed by atoms with van der Waals surface area (Å²) in [6.07, 6.45) is 9.64. The first-order chi connectivity index (χ1) is 13.0. The Balaban J connectivity index is 1.93. The van der Waals surface area contributed by atoms with Crippen LogP contribution in [0.2, 0.25) is 5.02 Å². The van der Waals surface area contributed by atoms with Crippen molar-refractivity contribution < 1.29 is 19.4 Å². The summed E-state index contributed by atoms with van der Waals surface area (Å²) in [4.78, 5) is 24.9. The third kappa shape index (κ3) is 3.87. The Morgan fingerprint density at radius 1 is 1.22 bits per heavy atom. The number of fused-ring (bicyclic) bond motifs is 1. The Labute approximate surface area is 166 Å². The van der Waals surface area contributed by atoms with E-state index in [2.05, 4.69) is 6.07 Å². The number of unbranched alkanes of at least 4 members (excludes halogenated alkanes) is 1. The van der Waals surface area contributed by atoms with E-state index in [4.69, 9.17) is 16.3 Å². The molecule has 3 rings (SSSR count). The molecule has 0 amide bonds. The lowest BCUT2D eigenvalue weighted by molar-refractivity contribution is -0.161. The maximum absolute atomic E-state index is 12.7. The molecule has 1 aromatic carbocycles. The van der Waals surface area contributed by atoms with Crippen LogP contribution in [0.4, 0.5) is 0 Å². The molecule has 2 aliphatic rings. The number of carboxylic acids is 1. The molecule has 1 saturated carbocycles. The Kier molecular flexibility index (Phi) is 6.46. The quantitative estimate of drug-likeness (QED) is 0.305.